The van der Waals surface area contributed by atoms with E-state index >= 15 is 0 Å². The summed E-state index contributed by atoms with van der Waals surface area (Å²) in [4.78, 5) is 7.19. The Balaban J connectivity index is 0.705. The fourth-order valence-electron chi connectivity index (χ4n) is 22.2. The van der Waals surface area contributed by atoms with Gasteiger partial charge >= 0.3 is 0 Å². The van der Waals surface area contributed by atoms with Crippen molar-refractivity contribution in [2.45, 2.75) is 253 Å². The topological polar surface area (TPSA) is 14.7 Å². The molecule has 16 aromatic carbocycles. The Morgan fingerprint density at radius 1 is 0.241 bits per heavy atom. The molecule has 4 heteroatoms. The molecule has 0 aliphatic heterocycles. The Morgan fingerprint density at radius 3 is 0.986 bits per heavy atom. The van der Waals surface area contributed by atoms with Crippen LogP contribution in [0.25, 0.3) is 111 Å². The molecule has 0 spiro atoms. The molecule has 1 aromatic heterocycles. The zero-order valence-electron chi connectivity index (χ0n) is 85.4. The summed E-state index contributed by atoms with van der Waals surface area (Å²) in [6, 6.07) is 138. The smallest absolute Gasteiger partial charge is 0.0547 e. The number of hydrogen-bond donors (Lipinski definition) is 0. The van der Waals surface area contributed by atoms with Crippen molar-refractivity contribution in [1.29, 1.82) is 0 Å². The molecule has 0 saturated carbocycles. The molecule has 0 unspecified atom stereocenters. The summed E-state index contributed by atoms with van der Waals surface area (Å²) in [5.41, 5.74) is 43.8. The number of unbranched alkanes of at least 4 members (excludes halogenated alkanes) is 18. The van der Waals surface area contributed by atoms with Crippen molar-refractivity contribution in [3.8, 4) is 83.6 Å². The maximum atomic E-state index is 4.02. The minimum atomic E-state index is -0.0494. The average Bonchev–Trinajstić information content (AvgIpc) is 1.29. The third-order valence-electron chi connectivity index (χ3n) is 30.3. The molecule has 0 saturated heterocycles. The predicted octanol–water partition coefficient (Wildman–Crippen LogP) is 41.2. The summed E-state index contributed by atoms with van der Waals surface area (Å²) in [7, 11) is 0. The highest BCUT2D eigenvalue weighted by Crippen LogP contribution is 2.57. The number of aryl methyl sites for hydroxylation is 6. The van der Waals surface area contributed by atoms with Crippen LogP contribution < -0.4 is 14.7 Å². The number of nitrogens with zero attached hydrogens (tertiary/aromatic N) is 4. The normalized spacial score (nSPS) is 12.1. The van der Waals surface area contributed by atoms with Gasteiger partial charge in [0.15, 0.2) is 0 Å². The number of aromatic nitrogens is 1. The highest BCUT2D eigenvalue weighted by molar-refractivity contribution is 6.13. The number of rotatable bonds is 47. The molecule has 0 amide bonds. The SMILES string of the molecule is C=Cc1ccc(N(c2ccc(C)cc2)c2ccc(-c3ccc(N(c4ccc(-c5ccc(CCCC)cc5)cc4)c4ccc(-c5ccc(N(c6ccc(-c7ccc(CCCC)cc7)cc6)c6ccc(-c7cc(CCCCCC)c(-n8c9ccc(-c%10ccccc%10)cc9c9cc%10c(cc98)-c8ccc(C)cc8C%10(CCCCCCCC)CCCCCCCC)cc7CCCCCC)cc6)cc5)cc4)cc3)cc2)cc1. The third kappa shape index (κ3) is 22.6. The van der Waals surface area contributed by atoms with E-state index in [0.717, 1.165) is 118 Å². The lowest BCUT2D eigenvalue weighted by Gasteiger charge is -2.33. The van der Waals surface area contributed by atoms with Crippen molar-refractivity contribution in [3.05, 3.63) is 415 Å². The summed E-state index contributed by atoms with van der Waals surface area (Å²) in [6.45, 7) is 22.4. The molecule has 0 N–H and O–H groups in total. The summed E-state index contributed by atoms with van der Waals surface area (Å²) < 4.78 is 2.76. The van der Waals surface area contributed by atoms with E-state index in [9.17, 15) is 0 Å². The van der Waals surface area contributed by atoms with Crippen molar-refractivity contribution in [2.75, 3.05) is 14.7 Å². The van der Waals surface area contributed by atoms with Gasteiger partial charge in [0, 0.05) is 73.1 Å². The van der Waals surface area contributed by atoms with E-state index in [1.54, 1.807) is 11.1 Å². The predicted molar refractivity (Wildman–Crippen MR) is 612 cm³/mol. The van der Waals surface area contributed by atoms with Gasteiger partial charge in [0.2, 0.25) is 0 Å². The van der Waals surface area contributed by atoms with Gasteiger partial charge in [0.25, 0.3) is 0 Å². The lowest BCUT2D eigenvalue weighted by molar-refractivity contribution is 0.398. The number of fused-ring (bicyclic) bond motifs is 6. The molecule has 0 atom stereocenters. The molecule has 4 nitrogen and oxygen atoms in total. The fraction of sp³-hybridized carbons (Fsp3) is 0.285. The molecule has 17 aromatic rings. The van der Waals surface area contributed by atoms with Crippen LogP contribution in [-0.4, -0.2) is 4.57 Å². The zero-order chi connectivity index (χ0) is 96.8. The minimum Gasteiger partial charge on any atom is -0.311 e. The van der Waals surface area contributed by atoms with Crippen LogP contribution in [0.1, 0.15) is 259 Å². The molecule has 141 heavy (non-hydrogen) atoms. The Labute approximate surface area is 844 Å². The minimum absolute atomic E-state index is 0.0494. The molecule has 0 bridgehead atoms. The second-order valence-corrected chi connectivity index (χ2v) is 40.3. The van der Waals surface area contributed by atoms with Gasteiger partial charge in [-0.2, -0.15) is 0 Å². The van der Waals surface area contributed by atoms with Gasteiger partial charge in [-0.05, 0) is 340 Å². The van der Waals surface area contributed by atoms with E-state index in [4.69, 9.17) is 0 Å². The first-order chi connectivity index (χ1) is 69.4. The van der Waals surface area contributed by atoms with Gasteiger partial charge in [-0.3, -0.25) is 0 Å². The number of anilines is 9. The van der Waals surface area contributed by atoms with E-state index in [1.807, 2.05) is 6.08 Å². The van der Waals surface area contributed by atoms with Crippen molar-refractivity contribution in [3.63, 3.8) is 0 Å². The Hall–Kier alpha value is -13.5. The van der Waals surface area contributed by atoms with Gasteiger partial charge in [-0.1, -0.05) is 406 Å². The second kappa shape index (κ2) is 47.2. The van der Waals surface area contributed by atoms with Crippen molar-refractivity contribution in [1.82, 2.24) is 4.57 Å². The van der Waals surface area contributed by atoms with Crippen LogP contribution in [0.2, 0.25) is 0 Å². The van der Waals surface area contributed by atoms with E-state index in [-0.39, 0.29) is 5.41 Å². The fourth-order valence-corrected chi connectivity index (χ4v) is 22.2. The van der Waals surface area contributed by atoms with Gasteiger partial charge in [-0.25, -0.2) is 0 Å². The van der Waals surface area contributed by atoms with Crippen LogP contribution in [0.4, 0.5) is 51.2 Å². The van der Waals surface area contributed by atoms with Crippen LogP contribution in [0, 0.1) is 13.8 Å². The van der Waals surface area contributed by atoms with E-state index in [1.165, 1.54) is 271 Å². The molecule has 0 radical (unpaired) electrons. The summed E-state index contributed by atoms with van der Waals surface area (Å²) in [5, 5.41) is 2.73. The standard InChI is InChI=1S/C137H146N4/c1-10-17-23-27-29-36-92-137(93-37-30-28-24-18-11-2)132-94-101(9)46-90-127(132)129-99-136-131(98-133(129)137)130-95-115(105-40-34-31-35-41-105)71-91-134(130)141(136)135-97-116(42-32-25-19-12-3)128(96-117(135)43-33-26-20-13-4)114-69-88-126(89-70-114)140(124-78-59-109(60-79-124)107-55-49-104(50-56-107)39-22-15-6)125-86-67-113(68-87-125)112-65-84-123(85-66-112)139(121-76-57-108(58-77-121)106-53-47-103(48-54-106)38-21-14-5)122-82-63-111(64-83-122)110-61-80-120(81-62-110)138(118-72-44-100(8)45-73-118)119-74-51-102(16-7)52-75-119/h16,31,34-35,40-41,44-91,94-99H,7,10-15,17-30,32-33,36-39,42-43,92-93H2,1-6,8-9H3. The summed E-state index contributed by atoms with van der Waals surface area (Å²) in [5.74, 6) is 0. The highest BCUT2D eigenvalue weighted by Gasteiger charge is 2.43. The van der Waals surface area contributed by atoms with Crippen LogP contribution >= 0.6 is 0 Å². The quantitative estimate of drug-likeness (QED) is 0.0353. The largest absolute Gasteiger partial charge is 0.311 e. The van der Waals surface area contributed by atoms with Crippen LogP contribution in [0.15, 0.2) is 364 Å². The second-order valence-electron chi connectivity index (χ2n) is 40.3. The van der Waals surface area contributed by atoms with Crippen molar-refractivity contribution in [2.24, 2.45) is 0 Å². The molecule has 1 aliphatic rings. The lowest BCUT2D eigenvalue weighted by atomic mass is 9.70. The molecular formula is C137H146N4. The first-order valence-corrected chi connectivity index (χ1v) is 54.0. The van der Waals surface area contributed by atoms with Gasteiger partial charge < -0.3 is 19.3 Å². The number of hydrogen-bond acceptors (Lipinski definition) is 3. The highest BCUT2D eigenvalue weighted by atomic mass is 15.2. The van der Waals surface area contributed by atoms with Gasteiger partial charge in [0.1, 0.15) is 0 Å². The number of benzene rings is 16. The molecule has 18 rings (SSSR count). The van der Waals surface area contributed by atoms with Crippen LogP contribution in [-0.2, 0) is 31.1 Å². The van der Waals surface area contributed by atoms with Crippen LogP contribution in [0.5, 0.6) is 0 Å². The maximum absolute atomic E-state index is 4.02. The summed E-state index contributed by atoms with van der Waals surface area (Å²) >= 11 is 0. The average molecular weight is 1850 g/mol. The summed E-state index contributed by atoms with van der Waals surface area (Å²) in [6.07, 6.45) is 38.4. The van der Waals surface area contributed by atoms with E-state index in [2.05, 4.69) is 439 Å². The Bertz CT molecular complexity index is 6910. The molecule has 0 fully saturated rings. The molecule has 1 heterocycles. The Morgan fingerprint density at radius 2 is 0.574 bits per heavy atom. The van der Waals surface area contributed by atoms with Crippen molar-refractivity contribution >= 4 is 79.1 Å². The first-order valence-electron chi connectivity index (χ1n) is 54.0. The molecular weight excluding hydrogens is 1700 g/mol. The van der Waals surface area contributed by atoms with Crippen molar-refractivity contribution < 1.29 is 0 Å². The maximum Gasteiger partial charge on any atom is 0.0547 e. The Kier molecular flexibility index (Phi) is 32.7. The molecule has 1 aliphatic carbocycles. The zero-order valence-corrected chi connectivity index (χ0v) is 85.4. The lowest BCUT2D eigenvalue weighted by Crippen LogP contribution is -2.25. The van der Waals surface area contributed by atoms with Crippen LogP contribution in [0.3, 0.4) is 0 Å². The van der Waals surface area contributed by atoms with Gasteiger partial charge in [-0.15, -0.1) is 0 Å². The van der Waals surface area contributed by atoms with Gasteiger partial charge in [0.05, 0.1) is 11.0 Å². The van der Waals surface area contributed by atoms with E-state index < -0.39 is 0 Å². The van der Waals surface area contributed by atoms with E-state index in [0.29, 0.717) is 0 Å². The molecule has 714 valence electrons. The first kappa shape index (κ1) is 97.7. The third-order valence-corrected chi connectivity index (χ3v) is 30.3. The monoisotopic (exact) mass is 1850 g/mol.